The van der Waals surface area contributed by atoms with Gasteiger partial charge in [-0.1, -0.05) is 0 Å². The van der Waals surface area contributed by atoms with Crippen molar-refractivity contribution in [2.75, 3.05) is 0 Å². The number of rotatable bonds is 4. The van der Waals surface area contributed by atoms with E-state index >= 15 is 0 Å². The predicted octanol–water partition coefficient (Wildman–Crippen LogP) is 0.303. The zero-order valence-corrected chi connectivity index (χ0v) is 8.18. The summed E-state index contributed by atoms with van der Waals surface area (Å²) in [5.41, 5.74) is 0. The van der Waals surface area contributed by atoms with Crippen molar-refractivity contribution in [3.8, 4) is 0 Å². The van der Waals surface area contributed by atoms with Crippen molar-refractivity contribution in [3.05, 3.63) is 18.2 Å². The molecule has 1 aromatic rings. The molecule has 0 radical (unpaired) electrons. The number of carbonyl (C=O) groups is 1. The topological polar surface area (TPSA) is 55.1 Å². The first-order valence-electron chi connectivity index (χ1n) is 4.85. The van der Waals surface area contributed by atoms with Gasteiger partial charge in [0.15, 0.2) is 5.78 Å². The van der Waals surface area contributed by atoms with E-state index in [1.807, 2.05) is 7.05 Å². The number of hydrogen-bond acceptors (Lipinski definition) is 3. The third-order valence-corrected chi connectivity index (χ3v) is 2.65. The zero-order valence-electron chi connectivity index (χ0n) is 8.18. The van der Waals surface area contributed by atoms with Gasteiger partial charge < -0.3 is 9.67 Å². The van der Waals surface area contributed by atoms with Gasteiger partial charge >= 0.3 is 0 Å². The molecule has 1 N–H and O–H groups in total. The van der Waals surface area contributed by atoms with E-state index in [1.165, 1.54) is 0 Å². The molecular weight excluding hydrogens is 180 g/mol. The Morgan fingerprint density at radius 2 is 2.50 bits per heavy atom. The Bertz CT molecular complexity index is 342. The summed E-state index contributed by atoms with van der Waals surface area (Å²) in [6.07, 6.45) is 4.88. The van der Waals surface area contributed by atoms with E-state index in [-0.39, 0.29) is 18.1 Å². The number of Topliss-reactive ketones (excluding diaryl/α,β-unsaturated/α-hetero) is 1. The highest BCUT2D eigenvalue weighted by molar-refractivity contribution is 5.85. The van der Waals surface area contributed by atoms with Crippen LogP contribution in [0.4, 0.5) is 0 Å². The van der Waals surface area contributed by atoms with Crippen molar-refractivity contribution in [3.63, 3.8) is 0 Å². The number of carbonyl (C=O) groups excluding carboxylic acids is 1. The molecule has 0 aliphatic heterocycles. The van der Waals surface area contributed by atoms with E-state index in [1.54, 1.807) is 17.0 Å². The van der Waals surface area contributed by atoms with Gasteiger partial charge in [0.2, 0.25) is 0 Å². The minimum Gasteiger partial charge on any atom is -0.385 e. The summed E-state index contributed by atoms with van der Waals surface area (Å²) in [5, 5.41) is 9.56. The Kier molecular flexibility index (Phi) is 2.37. The Morgan fingerprint density at radius 1 is 1.79 bits per heavy atom. The van der Waals surface area contributed by atoms with E-state index in [0.717, 1.165) is 18.7 Å². The van der Waals surface area contributed by atoms with Crippen molar-refractivity contribution < 1.29 is 9.90 Å². The second kappa shape index (κ2) is 3.53. The Balaban J connectivity index is 1.97. The maximum atomic E-state index is 11.5. The number of hydrogen-bond donors (Lipinski definition) is 1. The fourth-order valence-corrected chi connectivity index (χ4v) is 1.50. The van der Waals surface area contributed by atoms with Crippen LogP contribution in [0.5, 0.6) is 0 Å². The summed E-state index contributed by atoms with van der Waals surface area (Å²) in [4.78, 5) is 15.6. The van der Waals surface area contributed by atoms with E-state index in [4.69, 9.17) is 0 Å². The molecule has 1 aromatic heterocycles. The van der Waals surface area contributed by atoms with E-state index in [9.17, 15) is 9.90 Å². The zero-order chi connectivity index (χ0) is 10.1. The van der Waals surface area contributed by atoms with Crippen LogP contribution < -0.4 is 0 Å². The van der Waals surface area contributed by atoms with Crippen molar-refractivity contribution in [2.45, 2.75) is 25.4 Å². The second-order valence-electron chi connectivity index (χ2n) is 3.88. The SMILES string of the molecule is Cn1ccnc1CC(=O)C(O)C1CC1. The van der Waals surface area contributed by atoms with Crippen LogP contribution in [-0.4, -0.2) is 26.5 Å². The largest absolute Gasteiger partial charge is 0.385 e. The third kappa shape index (κ3) is 1.85. The summed E-state index contributed by atoms with van der Waals surface area (Å²) in [7, 11) is 1.85. The van der Waals surface area contributed by atoms with Crippen LogP contribution in [-0.2, 0) is 18.3 Å². The van der Waals surface area contributed by atoms with Crippen molar-refractivity contribution in [1.82, 2.24) is 9.55 Å². The number of aliphatic hydroxyl groups is 1. The first kappa shape index (κ1) is 9.40. The van der Waals surface area contributed by atoms with Crippen LogP contribution in [0.15, 0.2) is 12.4 Å². The molecule has 4 nitrogen and oxygen atoms in total. The van der Waals surface area contributed by atoms with E-state index in [0.29, 0.717) is 0 Å². The molecule has 1 aliphatic carbocycles. The third-order valence-electron chi connectivity index (χ3n) is 2.65. The first-order chi connectivity index (χ1) is 6.68. The number of nitrogens with zero attached hydrogens (tertiary/aromatic N) is 2. The molecule has 4 heteroatoms. The maximum Gasteiger partial charge on any atom is 0.169 e. The Labute approximate surface area is 82.6 Å². The van der Waals surface area contributed by atoms with Crippen molar-refractivity contribution in [2.24, 2.45) is 13.0 Å². The van der Waals surface area contributed by atoms with E-state index < -0.39 is 6.10 Å². The predicted molar refractivity (Wildman–Crippen MR) is 50.6 cm³/mol. The fourth-order valence-electron chi connectivity index (χ4n) is 1.50. The molecule has 0 amide bonds. The number of aliphatic hydroxyl groups excluding tert-OH is 1. The standard InChI is InChI=1S/C10H14N2O2/c1-12-5-4-11-9(12)6-8(13)10(14)7-2-3-7/h4-5,7,10,14H,2-3,6H2,1H3. The van der Waals surface area contributed by atoms with Crippen LogP contribution in [0.25, 0.3) is 0 Å². The Morgan fingerprint density at radius 3 is 3.00 bits per heavy atom. The molecular formula is C10H14N2O2. The molecule has 0 spiro atoms. The molecule has 1 aliphatic rings. The van der Waals surface area contributed by atoms with Crippen LogP contribution >= 0.6 is 0 Å². The number of ketones is 1. The molecule has 1 saturated carbocycles. The maximum absolute atomic E-state index is 11.5. The molecule has 0 aromatic carbocycles. The Hall–Kier alpha value is -1.16. The number of imidazole rings is 1. The van der Waals surface area contributed by atoms with Gasteiger partial charge in [0, 0.05) is 19.4 Å². The lowest BCUT2D eigenvalue weighted by Crippen LogP contribution is -2.25. The molecule has 0 bridgehead atoms. The van der Waals surface area contributed by atoms with Gasteiger partial charge in [0.25, 0.3) is 0 Å². The summed E-state index contributed by atoms with van der Waals surface area (Å²) in [6.45, 7) is 0. The van der Waals surface area contributed by atoms with Crippen LogP contribution in [0.1, 0.15) is 18.7 Å². The highest BCUT2D eigenvalue weighted by Crippen LogP contribution is 2.33. The fraction of sp³-hybridized carbons (Fsp3) is 0.600. The molecule has 2 rings (SSSR count). The number of aromatic nitrogens is 2. The molecule has 76 valence electrons. The monoisotopic (exact) mass is 194 g/mol. The normalized spacial score (nSPS) is 18.1. The van der Waals surface area contributed by atoms with Gasteiger partial charge in [-0.2, -0.15) is 0 Å². The summed E-state index contributed by atoms with van der Waals surface area (Å²) < 4.78 is 1.80. The van der Waals surface area contributed by atoms with Crippen molar-refractivity contribution in [1.29, 1.82) is 0 Å². The lowest BCUT2D eigenvalue weighted by molar-refractivity contribution is -0.127. The lowest BCUT2D eigenvalue weighted by Gasteiger charge is -2.07. The minimum atomic E-state index is -0.772. The van der Waals surface area contributed by atoms with Gasteiger partial charge in [-0.3, -0.25) is 4.79 Å². The van der Waals surface area contributed by atoms with Crippen LogP contribution in [0.3, 0.4) is 0 Å². The highest BCUT2D eigenvalue weighted by atomic mass is 16.3. The average Bonchev–Trinajstić information content (AvgIpc) is 2.92. The van der Waals surface area contributed by atoms with Gasteiger partial charge in [-0.05, 0) is 18.8 Å². The quantitative estimate of drug-likeness (QED) is 0.750. The van der Waals surface area contributed by atoms with Crippen LogP contribution in [0, 0.1) is 5.92 Å². The van der Waals surface area contributed by atoms with Gasteiger partial charge in [0.1, 0.15) is 11.9 Å². The summed E-state index contributed by atoms with van der Waals surface area (Å²) in [5.74, 6) is 0.819. The second-order valence-corrected chi connectivity index (χ2v) is 3.88. The first-order valence-corrected chi connectivity index (χ1v) is 4.85. The minimum absolute atomic E-state index is 0.109. The van der Waals surface area contributed by atoms with Gasteiger partial charge in [-0.15, -0.1) is 0 Å². The molecule has 1 heterocycles. The summed E-state index contributed by atoms with van der Waals surface area (Å²) in [6, 6.07) is 0. The molecule has 1 unspecified atom stereocenters. The number of aryl methyl sites for hydroxylation is 1. The van der Waals surface area contributed by atoms with Crippen molar-refractivity contribution >= 4 is 5.78 Å². The average molecular weight is 194 g/mol. The lowest BCUT2D eigenvalue weighted by atomic mass is 10.1. The van der Waals surface area contributed by atoms with Gasteiger partial charge in [-0.25, -0.2) is 4.98 Å². The highest BCUT2D eigenvalue weighted by Gasteiger charge is 2.34. The molecule has 1 atom stereocenters. The smallest absolute Gasteiger partial charge is 0.169 e. The molecule has 1 fully saturated rings. The van der Waals surface area contributed by atoms with Crippen LogP contribution in [0.2, 0.25) is 0 Å². The van der Waals surface area contributed by atoms with E-state index in [2.05, 4.69) is 4.98 Å². The van der Waals surface area contributed by atoms with Gasteiger partial charge in [0.05, 0.1) is 6.42 Å². The molecule has 14 heavy (non-hydrogen) atoms. The summed E-state index contributed by atoms with van der Waals surface area (Å²) >= 11 is 0. The molecule has 0 saturated heterocycles.